The van der Waals surface area contributed by atoms with Crippen LogP contribution in [0.25, 0.3) is 33.7 Å². The number of imidazole rings is 1. The highest BCUT2D eigenvalue weighted by Crippen LogP contribution is 2.30. The summed E-state index contributed by atoms with van der Waals surface area (Å²) in [5, 5.41) is 14.3. The summed E-state index contributed by atoms with van der Waals surface area (Å²) in [5.41, 5.74) is 3.08. The smallest absolute Gasteiger partial charge is 0.333 e. The van der Waals surface area contributed by atoms with Crippen LogP contribution >= 0.6 is 0 Å². The number of aromatic amines is 1. The van der Waals surface area contributed by atoms with Crippen LogP contribution in [0, 0.1) is 6.92 Å². The molecule has 12 nitrogen and oxygen atoms in total. The fourth-order valence-electron chi connectivity index (χ4n) is 4.39. The molecule has 3 aromatic heterocycles. The van der Waals surface area contributed by atoms with Crippen LogP contribution in [-0.2, 0) is 29.2 Å². The second-order valence-electron chi connectivity index (χ2n) is 8.39. The lowest BCUT2D eigenvalue weighted by Gasteiger charge is -2.12. The molecular formula is C25H24N8O4. The number of ether oxygens (including phenoxy) is 1. The number of esters is 1. The maximum atomic E-state index is 13.3. The Bertz CT molecular complexity index is 1710. The third-order valence-corrected chi connectivity index (χ3v) is 6.26. The molecule has 188 valence electrons. The van der Waals surface area contributed by atoms with Crippen molar-refractivity contribution < 1.29 is 9.53 Å². The molecule has 12 heteroatoms. The van der Waals surface area contributed by atoms with Crippen molar-refractivity contribution in [3.05, 3.63) is 80.8 Å². The Kier molecular flexibility index (Phi) is 6.22. The fourth-order valence-corrected chi connectivity index (χ4v) is 4.39. The molecule has 0 bridgehead atoms. The van der Waals surface area contributed by atoms with Gasteiger partial charge in [0.25, 0.3) is 5.56 Å². The number of rotatable bonds is 7. The van der Waals surface area contributed by atoms with Crippen LogP contribution in [0.4, 0.5) is 0 Å². The number of nitrogens with zero attached hydrogens (tertiary/aromatic N) is 7. The molecule has 5 aromatic rings. The first-order valence-electron chi connectivity index (χ1n) is 11.6. The van der Waals surface area contributed by atoms with E-state index in [2.05, 4.69) is 30.3 Å². The van der Waals surface area contributed by atoms with Crippen molar-refractivity contribution in [2.75, 3.05) is 7.11 Å². The molecule has 0 amide bonds. The number of carbonyl (C=O) groups is 1. The van der Waals surface area contributed by atoms with Gasteiger partial charge in [0.15, 0.2) is 11.2 Å². The lowest BCUT2D eigenvalue weighted by molar-refractivity contribution is -0.141. The number of benzene rings is 2. The number of carbonyl (C=O) groups excluding carboxylic acids is 1. The van der Waals surface area contributed by atoms with Gasteiger partial charge in [0.2, 0.25) is 5.82 Å². The number of H-pyrrole nitrogens is 1. The normalized spacial score (nSPS) is 11.2. The van der Waals surface area contributed by atoms with Crippen LogP contribution in [0.15, 0.2) is 58.1 Å². The van der Waals surface area contributed by atoms with Crippen molar-refractivity contribution in [1.82, 2.24) is 39.3 Å². The van der Waals surface area contributed by atoms with E-state index in [9.17, 15) is 14.4 Å². The molecule has 5 rings (SSSR count). The third kappa shape index (κ3) is 4.22. The Morgan fingerprint density at radius 3 is 2.38 bits per heavy atom. The van der Waals surface area contributed by atoms with Crippen LogP contribution < -0.4 is 11.2 Å². The van der Waals surface area contributed by atoms with E-state index in [-0.39, 0.29) is 5.52 Å². The molecule has 0 atom stereocenters. The van der Waals surface area contributed by atoms with Crippen molar-refractivity contribution in [1.29, 1.82) is 0 Å². The largest absolute Gasteiger partial charge is 0.468 e. The van der Waals surface area contributed by atoms with E-state index < -0.39 is 23.8 Å². The zero-order chi connectivity index (χ0) is 26.1. The highest BCUT2D eigenvalue weighted by atomic mass is 16.5. The topological polar surface area (TPSA) is 143 Å². The van der Waals surface area contributed by atoms with E-state index in [1.165, 1.54) is 11.7 Å². The number of aromatic nitrogens is 8. The zero-order valence-corrected chi connectivity index (χ0v) is 20.5. The number of fused-ring (bicyclic) bond motifs is 1. The van der Waals surface area contributed by atoms with E-state index in [1.54, 1.807) is 18.4 Å². The SMILES string of the molecule is CCn1c(=O)n(CC(=O)OC)c(=O)c2c1nc(C)n2Cc1ccc(-c2ccccc2-c2nn[nH]n2)cc1. The van der Waals surface area contributed by atoms with Crippen molar-refractivity contribution >= 4 is 17.1 Å². The number of tetrazole rings is 1. The van der Waals surface area contributed by atoms with Gasteiger partial charge in [-0.3, -0.25) is 14.2 Å². The first-order chi connectivity index (χ1) is 17.9. The molecule has 0 aliphatic carbocycles. The monoisotopic (exact) mass is 500 g/mol. The molecule has 1 N–H and O–H groups in total. The third-order valence-electron chi connectivity index (χ3n) is 6.26. The minimum Gasteiger partial charge on any atom is -0.468 e. The predicted octanol–water partition coefficient (Wildman–Crippen LogP) is 1.76. The summed E-state index contributed by atoms with van der Waals surface area (Å²) in [4.78, 5) is 42.7. The molecule has 0 fully saturated rings. The van der Waals surface area contributed by atoms with Crippen LogP contribution in [0.5, 0.6) is 0 Å². The first kappa shape index (κ1) is 23.9. The highest BCUT2D eigenvalue weighted by Gasteiger charge is 2.21. The van der Waals surface area contributed by atoms with Crippen LogP contribution in [-0.4, -0.2) is 52.4 Å². The fraction of sp³-hybridized carbons (Fsp3) is 0.240. The summed E-state index contributed by atoms with van der Waals surface area (Å²) in [7, 11) is 1.21. The zero-order valence-electron chi connectivity index (χ0n) is 20.5. The van der Waals surface area contributed by atoms with Gasteiger partial charge in [-0.05, 0) is 35.8 Å². The van der Waals surface area contributed by atoms with Gasteiger partial charge in [-0.25, -0.2) is 14.3 Å². The van der Waals surface area contributed by atoms with Crippen LogP contribution in [0.2, 0.25) is 0 Å². The van der Waals surface area contributed by atoms with Crippen molar-refractivity contribution in [2.24, 2.45) is 0 Å². The maximum absolute atomic E-state index is 13.3. The van der Waals surface area contributed by atoms with Gasteiger partial charge in [0, 0.05) is 18.7 Å². The van der Waals surface area contributed by atoms with Crippen molar-refractivity contribution in [2.45, 2.75) is 33.5 Å². The maximum Gasteiger partial charge on any atom is 0.333 e. The minimum absolute atomic E-state index is 0.259. The number of hydrogen-bond acceptors (Lipinski definition) is 8. The Balaban J connectivity index is 1.55. The van der Waals surface area contributed by atoms with Gasteiger partial charge in [0.05, 0.1) is 7.11 Å². The van der Waals surface area contributed by atoms with E-state index in [1.807, 2.05) is 48.5 Å². The number of aryl methyl sites for hydroxylation is 2. The Labute approximate surface area is 210 Å². The van der Waals surface area contributed by atoms with Crippen LogP contribution in [0.3, 0.4) is 0 Å². The molecule has 0 saturated heterocycles. The summed E-state index contributed by atoms with van der Waals surface area (Å²) in [6.45, 7) is 3.74. The van der Waals surface area contributed by atoms with E-state index in [4.69, 9.17) is 0 Å². The number of nitrogens with one attached hydrogen (secondary N) is 1. The number of methoxy groups -OCH3 is 1. The molecule has 0 radical (unpaired) electrons. The Morgan fingerprint density at radius 1 is 1.00 bits per heavy atom. The summed E-state index contributed by atoms with van der Waals surface area (Å²) in [5.74, 6) is 0.405. The average molecular weight is 501 g/mol. The van der Waals surface area contributed by atoms with Gasteiger partial charge in [-0.2, -0.15) is 5.21 Å². The lowest BCUT2D eigenvalue weighted by atomic mass is 9.98. The summed E-state index contributed by atoms with van der Waals surface area (Å²) >= 11 is 0. The molecule has 0 spiro atoms. The molecule has 0 aliphatic rings. The van der Waals surface area contributed by atoms with E-state index in [0.29, 0.717) is 30.4 Å². The molecule has 0 unspecified atom stereocenters. The van der Waals surface area contributed by atoms with Gasteiger partial charge >= 0.3 is 11.7 Å². The molecule has 0 saturated carbocycles. The van der Waals surface area contributed by atoms with Gasteiger partial charge in [-0.1, -0.05) is 48.5 Å². The summed E-state index contributed by atoms with van der Waals surface area (Å²) in [6, 6.07) is 15.7. The second-order valence-corrected chi connectivity index (χ2v) is 8.39. The molecule has 0 aliphatic heterocycles. The summed E-state index contributed by atoms with van der Waals surface area (Å²) in [6.07, 6.45) is 0. The molecule has 2 aromatic carbocycles. The van der Waals surface area contributed by atoms with Crippen molar-refractivity contribution in [3.63, 3.8) is 0 Å². The molecule has 37 heavy (non-hydrogen) atoms. The van der Waals surface area contributed by atoms with Crippen LogP contribution in [0.1, 0.15) is 18.3 Å². The minimum atomic E-state index is -0.680. The lowest BCUT2D eigenvalue weighted by Crippen LogP contribution is -2.42. The predicted molar refractivity (Wildman–Crippen MR) is 135 cm³/mol. The van der Waals surface area contributed by atoms with Gasteiger partial charge in [0.1, 0.15) is 12.4 Å². The average Bonchev–Trinajstić information content (AvgIpc) is 3.56. The number of hydrogen-bond donors (Lipinski definition) is 1. The molecule has 3 heterocycles. The standard InChI is InChI=1S/C25H24N8O4/c1-4-31-23-21(24(35)33(25(31)36)14-20(34)37-3)32(15(2)26-23)13-16-9-11-17(12-10-16)18-7-5-6-8-19(18)22-27-29-30-28-22/h5-12H,4,13-14H2,1-3H3,(H,27,28,29,30). The van der Waals surface area contributed by atoms with E-state index in [0.717, 1.165) is 26.8 Å². The van der Waals surface area contributed by atoms with E-state index >= 15 is 0 Å². The second kappa shape index (κ2) is 9.64. The molecular weight excluding hydrogens is 476 g/mol. The Morgan fingerprint density at radius 2 is 1.73 bits per heavy atom. The highest BCUT2D eigenvalue weighted by molar-refractivity contribution is 5.80. The Hall–Kier alpha value is -4.87. The van der Waals surface area contributed by atoms with Gasteiger partial charge < -0.3 is 9.30 Å². The summed E-state index contributed by atoms with van der Waals surface area (Å²) < 4.78 is 8.73. The first-order valence-corrected chi connectivity index (χ1v) is 11.6. The van der Waals surface area contributed by atoms with Gasteiger partial charge in [-0.15, -0.1) is 10.2 Å². The van der Waals surface area contributed by atoms with Crippen molar-refractivity contribution in [3.8, 4) is 22.5 Å². The quantitative estimate of drug-likeness (QED) is 0.333.